The van der Waals surface area contributed by atoms with Gasteiger partial charge in [0.15, 0.2) is 5.82 Å². The van der Waals surface area contributed by atoms with E-state index in [1.807, 2.05) is 11.8 Å². The van der Waals surface area contributed by atoms with E-state index < -0.39 is 0 Å². The summed E-state index contributed by atoms with van der Waals surface area (Å²) in [5.74, 6) is 1.87. The Morgan fingerprint density at radius 3 is 2.55 bits per heavy atom. The zero-order valence-corrected chi connectivity index (χ0v) is 13.0. The Bertz CT molecular complexity index is 523. The fourth-order valence-electron chi connectivity index (χ4n) is 2.10. The topological polar surface area (TPSA) is 55.6 Å². The summed E-state index contributed by atoms with van der Waals surface area (Å²) in [6, 6.07) is 8.95. The van der Waals surface area contributed by atoms with Crippen LogP contribution in [0.4, 0.5) is 0 Å². The van der Waals surface area contributed by atoms with Gasteiger partial charge in [0.2, 0.25) is 0 Å². The average molecular weight is 291 g/mol. The van der Waals surface area contributed by atoms with E-state index >= 15 is 0 Å². The molecule has 6 heteroatoms. The van der Waals surface area contributed by atoms with Gasteiger partial charge in [-0.15, -0.1) is 22.0 Å². The van der Waals surface area contributed by atoms with Crippen molar-refractivity contribution >= 4 is 11.8 Å². The standard InChI is InChI=1S/C14H21N5S/c1-4-15-13(10-14-16-18-19(3)17-14)11-6-8-12(9-7-11)20-5-2/h6-9,13,15H,4-5,10H2,1-3H3. The molecule has 0 bridgehead atoms. The summed E-state index contributed by atoms with van der Waals surface area (Å²) in [4.78, 5) is 2.81. The highest BCUT2D eigenvalue weighted by Crippen LogP contribution is 2.22. The minimum absolute atomic E-state index is 0.227. The van der Waals surface area contributed by atoms with Gasteiger partial charge in [0.25, 0.3) is 0 Å². The lowest BCUT2D eigenvalue weighted by molar-refractivity contribution is 0.534. The molecule has 0 radical (unpaired) electrons. The second-order valence-corrected chi connectivity index (χ2v) is 5.85. The summed E-state index contributed by atoms with van der Waals surface area (Å²) in [5.41, 5.74) is 1.26. The van der Waals surface area contributed by atoms with Crippen LogP contribution < -0.4 is 5.32 Å². The Labute approximate surface area is 124 Å². The molecule has 5 nitrogen and oxygen atoms in total. The summed E-state index contributed by atoms with van der Waals surface area (Å²) in [6.07, 6.45) is 0.752. The minimum atomic E-state index is 0.227. The highest BCUT2D eigenvalue weighted by Gasteiger charge is 2.14. The van der Waals surface area contributed by atoms with Crippen molar-refractivity contribution in [2.45, 2.75) is 31.2 Å². The first-order valence-corrected chi connectivity index (χ1v) is 7.90. The maximum atomic E-state index is 4.26. The second kappa shape index (κ2) is 7.40. The molecular formula is C14H21N5S. The Kier molecular flexibility index (Phi) is 5.55. The van der Waals surface area contributed by atoms with E-state index in [0.29, 0.717) is 0 Å². The van der Waals surface area contributed by atoms with E-state index in [2.05, 4.69) is 58.8 Å². The lowest BCUT2D eigenvalue weighted by Gasteiger charge is -2.17. The predicted octanol–water partition coefficient (Wildman–Crippen LogP) is 2.22. The molecule has 0 aliphatic rings. The van der Waals surface area contributed by atoms with Crippen LogP contribution in [-0.2, 0) is 13.5 Å². The van der Waals surface area contributed by atoms with Crippen LogP contribution in [-0.4, -0.2) is 32.5 Å². The number of nitrogens with zero attached hydrogens (tertiary/aromatic N) is 4. The monoisotopic (exact) mass is 291 g/mol. The molecule has 1 aromatic heterocycles. The van der Waals surface area contributed by atoms with Gasteiger partial charge in [-0.25, -0.2) is 0 Å². The van der Waals surface area contributed by atoms with Gasteiger partial charge in [0.1, 0.15) is 0 Å². The summed E-state index contributed by atoms with van der Waals surface area (Å²) in [6.45, 7) is 5.19. The first kappa shape index (κ1) is 15.0. The van der Waals surface area contributed by atoms with Gasteiger partial charge in [0, 0.05) is 17.4 Å². The number of hydrogen-bond acceptors (Lipinski definition) is 5. The fraction of sp³-hybridized carbons (Fsp3) is 0.500. The first-order valence-electron chi connectivity index (χ1n) is 6.92. The molecule has 0 saturated carbocycles. The summed E-state index contributed by atoms with van der Waals surface area (Å²) in [7, 11) is 1.79. The SMILES string of the molecule is CCNC(Cc1nnn(C)n1)c1ccc(SCC)cc1. The van der Waals surface area contributed by atoms with Gasteiger partial charge < -0.3 is 5.32 Å². The van der Waals surface area contributed by atoms with Crippen LogP contribution in [0, 0.1) is 0 Å². The predicted molar refractivity (Wildman–Crippen MR) is 81.8 cm³/mol. The molecule has 1 heterocycles. The summed E-state index contributed by atoms with van der Waals surface area (Å²) in [5, 5.41) is 15.7. The zero-order valence-electron chi connectivity index (χ0n) is 12.2. The molecule has 1 N–H and O–H groups in total. The lowest BCUT2D eigenvalue weighted by Crippen LogP contribution is -2.23. The van der Waals surface area contributed by atoms with Crippen molar-refractivity contribution in [1.82, 2.24) is 25.5 Å². The van der Waals surface area contributed by atoms with Gasteiger partial charge in [0.05, 0.1) is 7.05 Å². The van der Waals surface area contributed by atoms with Crippen LogP contribution in [0.2, 0.25) is 0 Å². The fourth-order valence-corrected chi connectivity index (χ4v) is 2.77. The van der Waals surface area contributed by atoms with Crippen LogP contribution in [0.25, 0.3) is 0 Å². The van der Waals surface area contributed by atoms with E-state index in [0.717, 1.165) is 24.5 Å². The van der Waals surface area contributed by atoms with Gasteiger partial charge >= 0.3 is 0 Å². The molecule has 2 aromatic rings. The second-order valence-electron chi connectivity index (χ2n) is 4.51. The van der Waals surface area contributed by atoms with E-state index in [-0.39, 0.29) is 6.04 Å². The molecule has 108 valence electrons. The van der Waals surface area contributed by atoms with E-state index in [1.165, 1.54) is 15.3 Å². The van der Waals surface area contributed by atoms with Crippen molar-refractivity contribution in [2.24, 2.45) is 7.05 Å². The number of rotatable bonds is 7. The maximum absolute atomic E-state index is 4.26. The molecule has 1 atom stereocenters. The largest absolute Gasteiger partial charge is 0.310 e. The molecular weight excluding hydrogens is 270 g/mol. The van der Waals surface area contributed by atoms with Crippen LogP contribution in [0.3, 0.4) is 0 Å². The molecule has 0 saturated heterocycles. The number of benzene rings is 1. The molecule has 1 unspecified atom stereocenters. The quantitative estimate of drug-likeness (QED) is 0.793. The molecule has 0 fully saturated rings. The normalized spacial score (nSPS) is 12.6. The van der Waals surface area contributed by atoms with Crippen molar-refractivity contribution < 1.29 is 0 Å². The molecule has 20 heavy (non-hydrogen) atoms. The molecule has 0 aliphatic carbocycles. The third-order valence-corrected chi connectivity index (χ3v) is 3.87. The van der Waals surface area contributed by atoms with Gasteiger partial charge in [-0.3, -0.25) is 0 Å². The molecule has 2 rings (SSSR count). The van der Waals surface area contributed by atoms with E-state index in [1.54, 1.807) is 7.05 Å². The Morgan fingerprint density at radius 1 is 1.25 bits per heavy atom. The maximum Gasteiger partial charge on any atom is 0.176 e. The van der Waals surface area contributed by atoms with Crippen molar-refractivity contribution in [3.63, 3.8) is 0 Å². The molecule has 0 spiro atoms. The Hall–Kier alpha value is -1.40. The summed E-state index contributed by atoms with van der Waals surface area (Å²) >= 11 is 1.86. The number of aromatic nitrogens is 4. The number of aryl methyl sites for hydroxylation is 1. The van der Waals surface area contributed by atoms with Crippen LogP contribution in [0.15, 0.2) is 29.2 Å². The number of likely N-dealkylation sites (N-methyl/N-ethyl adjacent to an activating group) is 1. The Morgan fingerprint density at radius 2 is 2.00 bits per heavy atom. The third kappa shape index (κ3) is 4.05. The van der Waals surface area contributed by atoms with Crippen molar-refractivity contribution in [1.29, 1.82) is 0 Å². The molecule has 1 aromatic carbocycles. The van der Waals surface area contributed by atoms with Crippen LogP contribution in [0.1, 0.15) is 31.3 Å². The van der Waals surface area contributed by atoms with Gasteiger partial charge in [-0.1, -0.05) is 26.0 Å². The van der Waals surface area contributed by atoms with Gasteiger partial charge in [-0.05, 0) is 35.2 Å². The lowest BCUT2D eigenvalue weighted by atomic mass is 10.0. The highest BCUT2D eigenvalue weighted by molar-refractivity contribution is 7.99. The number of nitrogens with one attached hydrogen (secondary N) is 1. The average Bonchev–Trinajstić information content (AvgIpc) is 2.85. The number of tetrazole rings is 1. The van der Waals surface area contributed by atoms with Crippen LogP contribution in [0.5, 0.6) is 0 Å². The van der Waals surface area contributed by atoms with Gasteiger partial charge in [-0.2, -0.15) is 4.80 Å². The number of thioether (sulfide) groups is 1. The zero-order chi connectivity index (χ0) is 14.4. The highest BCUT2D eigenvalue weighted by atomic mass is 32.2. The molecule has 0 aliphatic heterocycles. The van der Waals surface area contributed by atoms with E-state index in [4.69, 9.17) is 0 Å². The smallest absolute Gasteiger partial charge is 0.176 e. The van der Waals surface area contributed by atoms with E-state index in [9.17, 15) is 0 Å². The van der Waals surface area contributed by atoms with Crippen molar-refractivity contribution in [2.75, 3.05) is 12.3 Å². The first-order chi connectivity index (χ1) is 9.72. The summed E-state index contributed by atoms with van der Waals surface area (Å²) < 4.78 is 0. The minimum Gasteiger partial charge on any atom is -0.310 e. The molecule has 0 amide bonds. The van der Waals surface area contributed by atoms with Crippen molar-refractivity contribution in [3.8, 4) is 0 Å². The number of hydrogen-bond donors (Lipinski definition) is 1. The third-order valence-electron chi connectivity index (χ3n) is 2.98. The Balaban J connectivity index is 2.10. The van der Waals surface area contributed by atoms with Crippen molar-refractivity contribution in [3.05, 3.63) is 35.7 Å². The van der Waals surface area contributed by atoms with Crippen LogP contribution >= 0.6 is 11.8 Å².